The van der Waals surface area contributed by atoms with Gasteiger partial charge in [0.15, 0.2) is 0 Å². The van der Waals surface area contributed by atoms with Crippen molar-refractivity contribution in [2.45, 2.75) is 25.8 Å². The molecular formula is C15H20BrN3OS. The van der Waals surface area contributed by atoms with E-state index in [4.69, 9.17) is 18.0 Å². The third-order valence-electron chi connectivity index (χ3n) is 3.61. The molecule has 0 atom stereocenters. The number of likely N-dealkylation sites (tertiary alicyclic amines) is 1. The number of hydrogen-bond acceptors (Lipinski definition) is 3. The Morgan fingerprint density at radius 3 is 2.67 bits per heavy atom. The van der Waals surface area contributed by atoms with Crippen molar-refractivity contribution in [3.05, 3.63) is 33.8 Å². The van der Waals surface area contributed by atoms with E-state index in [0.717, 1.165) is 36.0 Å². The fourth-order valence-electron chi connectivity index (χ4n) is 2.59. The van der Waals surface area contributed by atoms with Crippen molar-refractivity contribution in [2.24, 2.45) is 5.73 Å². The van der Waals surface area contributed by atoms with Gasteiger partial charge in [0.2, 0.25) is 0 Å². The Kier molecular flexibility index (Phi) is 5.72. The summed E-state index contributed by atoms with van der Waals surface area (Å²) in [6.07, 6.45) is 1.86. The van der Waals surface area contributed by atoms with E-state index in [1.165, 1.54) is 0 Å². The second kappa shape index (κ2) is 7.33. The Morgan fingerprint density at radius 2 is 2.10 bits per heavy atom. The molecule has 3 N–H and O–H groups in total. The summed E-state index contributed by atoms with van der Waals surface area (Å²) in [6.45, 7) is 4.48. The first kappa shape index (κ1) is 16.4. The van der Waals surface area contributed by atoms with Crippen LogP contribution < -0.4 is 11.1 Å². The van der Waals surface area contributed by atoms with E-state index >= 15 is 0 Å². The molecule has 1 aromatic rings. The number of halogens is 1. The van der Waals surface area contributed by atoms with Crippen LogP contribution in [0.25, 0.3) is 0 Å². The summed E-state index contributed by atoms with van der Waals surface area (Å²) in [4.78, 5) is 15.1. The number of nitrogens with one attached hydrogen (secondary N) is 1. The summed E-state index contributed by atoms with van der Waals surface area (Å²) in [5.41, 5.74) is 7.33. The molecule has 0 unspecified atom stereocenters. The van der Waals surface area contributed by atoms with Gasteiger partial charge in [-0.2, -0.15) is 0 Å². The molecule has 6 heteroatoms. The summed E-state index contributed by atoms with van der Waals surface area (Å²) >= 11 is 8.35. The van der Waals surface area contributed by atoms with Gasteiger partial charge in [-0.05, 0) is 43.5 Å². The first-order valence-electron chi connectivity index (χ1n) is 7.03. The van der Waals surface area contributed by atoms with E-state index in [1.807, 2.05) is 25.1 Å². The number of aryl methyl sites for hydroxylation is 1. The number of piperidine rings is 1. The highest BCUT2D eigenvalue weighted by Crippen LogP contribution is 2.16. The highest BCUT2D eigenvalue weighted by molar-refractivity contribution is 9.10. The maximum atomic E-state index is 12.3. The van der Waals surface area contributed by atoms with E-state index in [9.17, 15) is 4.79 Å². The summed E-state index contributed by atoms with van der Waals surface area (Å²) in [6, 6.07) is 5.97. The zero-order chi connectivity index (χ0) is 15.4. The lowest BCUT2D eigenvalue weighted by Gasteiger charge is -2.32. The predicted molar refractivity (Wildman–Crippen MR) is 92.6 cm³/mol. The summed E-state index contributed by atoms with van der Waals surface area (Å²) in [7, 11) is 0. The molecule has 1 aliphatic heterocycles. The lowest BCUT2D eigenvalue weighted by molar-refractivity contribution is 0.0914. The molecule has 0 bridgehead atoms. The third-order valence-corrected chi connectivity index (χ3v) is 4.19. The SMILES string of the molecule is Cc1cc(Br)cc(C(=O)NC2CCN(CC(N)=S)CC2)c1. The van der Waals surface area contributed by atoms with Crippen molar-refractivity contribution in [3.63, 3.8) is 0 Å². The fraction of sp³-hybridized carbons (Fsp3) is 0.467. The van der Waals surface area contributed by atoms with Crippen LogP contribution in [0.3, 0.4) is 0 Å². The Balaban J connectivity index is 1.88. The smallest absolute Gasteiger partial charge is 0.251 e. The van der Waals surface area contributed by atoms with Crippen molar-refractivity contribution in [2.75, 3.05) is 19.6 Å². The minimum Gasteiger partial charge on any atom is -0.392 e. The minimum atomic E-state index is -0.00723. The number of nitrogens with two attached hydrogens (primary N) is 1. The average Bonchev–Trinajstić information content (AvgIpc) is 2.39. The lowest BCUT2D eigenvalue weighted by atomic mass is 10.0. The Labute approximate surface area is 139 Å². The quantitative estimate of drug-likeness (QED) is 0.799. The van der Waals surface area contributed by atoms with Crippen LogP contribution in [0, 0.1) is 6.92 Å². The first-order valence-corrected chi connectivity index (χ1v) is 8.23. The van der Waals surface area contributed by atoms with Crippen molar-refractivity contribution >= 4 is 39.0 Å². The van der Waals surface area contributed by atoms with Gasteiger partial charge in [0.25, 0.3) is 5.91 Å². The highest BCUT2D eigenvalue weighted by Gasteiger charge is 2.21. The van der Waals surface area contributed by atoms with Crippen LogP contribution in [0.1, 0.15) is 28.8 Å². The van der Waals surface area contributed by atoms with Gasteiger partial charge in [0.1, 0.15) is 0 Å². The van der Waals surface area contributed by atoms with Gasteiger partial charge in [-0.25, -0.2) is 0 Å². The first-order chi connectivity index (χ1) is 9.94. The molecule has 0 aliphatic carbocycles. The highest BCUT2D eigenvalue weighted by atomic mass is 79.9. The molecule has 2 rings (SSSR count). The summed E-state index contributed by atoms with van der Waals surface area (Å²) in [5.74, 6) is -0.00723. The van der Waals surface area contributed by atoms with Crippen molar-refractivity contribution in [1.29, 1.82) is 0 Å². The van der Waals surface area contributed by atoms with E-state index in [-0.39, 0.29) is 11.9 Å². The Morgan fingerprint density at radius 1 is 1.43 bits per heavy atom. The zero-order valence-electron chi connectivity index (χ0n) is 12.1. The predicted octanol–water partition coefficient (Wildman–Crippen LogP) is 2.24. The molecule has 114 valence electrons. The number of rotatable bonds is 4. The van der Waals surface area contributed by atoms with Gasteiger partial charge in [0.05, 0.1) is 4.99 Å². The van der Waals surface area contributed by atoms with Crippen molar-refractivity contribution in [3.8, 4) is 0 Å². The molecular weight excluding hydrogens is 350 g/mol. The van der Waals surface area contributed by atoms with Crippen LogP contribution in [0.2, 0.25) is 0 Å². The Bertz CT molecular complexity index is 521. The molecule has 4 nitrogen and oxygen atoms in total. The molecule has 21 heavy (non-hydrogen) atoms. The monoisotopic (exact) mass is 369 g/mol. The molecule has 1 amide bonds. The molecule has 0 aromatic heterocycles. The number of carbonyl (C=O) groups is 1. The standard InChI is InChI=1S/C15H20BrN3OS/c1-10-6-11(8-12(16)7-10)15(20)18-13-2-4-19(5-3-13)9-14(17)21/h6-8,13H,2-5,9H2,1H3,(H2,17,21)(H,18,20). The summed E-state index contributed by atoms with van der Waals surface area (Å²) < 4.78 is 0.930. The van der Waals surface area contributed by atoms with Crippen molar-refractivity contribution < 1.29 is 4.79 Å². The van der Waals surface area contributed by atoms with E-state index < -0.39 is 0 Å². The topological polar surface area (TPSA) is 58.4 Å². The maximum absolute atomic E-state index is 12.3. The van der Waals surface area contributed by atoms with E-state index in [1.54, 1.807) is 0 Å². The number of hydrogen-bond donors (Lipinski definition) is 2. The van der Waals surface area contributed by atoms with Gasteiger partial charge in [-0.3, -0.25) is 9.69 Å². The number of benzene rings is 1. The van der Waals surface area contributed by atoms with Gasteiger partial charge >= 0.3 is 0 Å². The second-order valence-electron chi connectivity index (χ2n) is 5.51. The second-order valence-corrected chi connectivity index (χ2v) is 6.95. The van der Waals surface area contributed by atoms with Crippen LogP contribution in [0.15, 0.2) is 22.7 Å². The Hall–Kier alpha value is -0.980. The van der Waals surface area contributed by atoms with Gasteiger partial charge in [0, 0.05) is 35.7 Å². The largest absolute Gasteiger partial charge is 0.392 e. The van der Waals surface area contributed by atoms with Crippen LogP contribution in [-0.4, -0.2) is 41.5 Å². The molecule has 0 radical (unpaired) electrons. The molecule has 1 heterocycles. The fourth-order valence-corrected chi connectivity index (χ4v) is 3.38. The van der Waals surface area contributed by atoms with E-state index in [0.29, 0.717) is 17.1 Å². The maximum Gasteiger partial charge on any atom is 0.251 e. The van der Waals surface area contributed by atoms with Gasteiger partial charge < -0.3 is 11.1 Å². The molecule has 0 saturated carbocycles. The summed E-state index contributed by atoms with van der Waals surface area (Å²) in [5, 5.41) is 3.11. The number of carbonyl (C=O) groups excluding carboxylic acids is 1. The van der Waals surface area contributed by atoms with Crippen LogP contribution in [-0.2, 0) is 0 Å². The minimum absolute atomic E-state index is 0.00723. The van der Waals surface area contributed by atoms with Crippen LogP contribution in [0.4, 0.5) is 0 Å². The molecule has 1 saturated heterocycles. The molecule has 1 aromatic carbocycles. The van der Waals surface area contributed by atoms with Gasteiger partial charge in [-0.1, -0.05) is 28.1 Å². The third kappa shape index (κ3) is 5.05. The molecule has 1 fully saturated rings. The number of amides is 1. The van der Waals surface area contributed by atoms with E-state index in [2.05, 4.69) is 26.1 Å². The van der Waals surface area contributed by atoms with Crippen molar-refractivity contribution in [1.82, 2.24) is 10.2 Å². The average molecular weight is 370 g/mol. The van der Waals surface area contributed by atoms with Gasteiger partial charge in [-0.15, -0.1) is 0 Å². The molecule has 0 spiro atoms. The number of nitrogens with zero attached hydrogens (tertiary/aromatic N) is 1. The molecule has 1 aliphatic rings. The zero-order valence-corrected chi connectivity index (χ0v) is 14.5. The lowest BCUT2D eigenvalue weighted by Crippen LogP contribution is -2.46. The van der Waals surface area contributed by atoms with Crippen LogP contribution in [0.5, 0.6) is 0 Å². The number of thiocarbonyl (C=S) groups is 1. The van der Waals surface area contributed by atoms with Crippen LogP contribution >= 0.6 is 28.1 Å². The normalized spacial score (nSPS) is 16.7.